The number of rotatable bonds is 7. The number of aliphatic hydroxyl groups excluding tert-OH is 1. The molecule has 2 atom stereocenters. The topological polar surface area (TPSA) is 117 Å². The summed E-state index contributed by atoms with van der Waals surface area (Å²) in [5.41, 5.74) is -1.01. The van der Waals surface area contributed by atoms with Gasteiger partial charge >= 0.3 is 12.1 Å². The van der Waals surface area contributed by atoms with E-state index in [2.05, 4.69) is 10.6 Å². The standard InChI is InChI=1S/C20H24F5N3O5/c1-10-4-5-12-11(8-10)27-15(30)14(13(33-12)6-7-29)28-17(32)18(2,3)16(31)26-9-19(21,22)20(23,24)25/h4-5,8,13-14,29H,6-7,9H2,1-3H3,(H,26,31)(H,27,30)(H,28,32). The number of fused-ring (bicyclic) bond motifs is 1. The lowest BCUT2D eigenvalue weighted by molar-refractivity contribution is -0.278. The van der Waals surface area contributed by atoms with Crippen LogP contribution in [-0.2, 0) is 14.4 Å². The van der Waals surface area contributed by atoms with Crippen LogP contribution < -0.4 is 20.7 Å². The zero-order chi connectivity index (χ0) is 25.2. The number of amides is 3. The minimum atomic E-state index is -5.88. The molecule has 0 aliphatic carbocycles. The SMILES string of the molecule is Cc1ccc2c(c1)NC(=O)C(NC(=O)C(C)(C)C(=O)NCC(F)(F)C(F)(F)F)C(CCO)O2. The molecular formula is C20H24F5N3O5. The fraction of sp³-hybridized carbons (Fsp3) is 0.550. The molecule has 0 saturated heterocycles. The molecule has 1 aromatic rings. The highest BCUT2D eigenvalue weighted by molar-refractivity contribution is 6.07. The Balaban J connectivity index is 2.18. The molecule has 13 heteroatoms. The molecule has 2 rings (SSSR count). The van der Waals surface area contributed by atoms with Crippen LogP contribution in [0.25, 0.3) is 0 Å². The van der Waals surface area contributed by atoms with Gasteiger partial charge in [-0.15, -0.1) is 0 Å². The maximum Gasteiger partial charge on any atom is 0.455 e. The zero-order valence-corrected chi connectivity index (χ0v) is 18.0. The second-order valence-electron chi connectivity index (χ2n) is 8.12. The fourth-order valence-corrected chi connectivity index (χ4v) is 2.90. The smallest absolute Gasteiger partial charge is 0.455 e. The van der Waals surface area contributed by atoms with Crippen LogP contribution in [0.1, 0.15) is 25.8 Å². The number of halogens is 5. The van der Waals surface area contributed by atoms with Crippen LogP contribution in [0.5, 0.6) is 5.75 Å². The molecule has 8 nitrogen and oxygen atoms in total. The average molecular weight is 481 g/mol. The number of hydrogen-bond donors (Lipinski definition) is 4. The lowest BCUT2D eigenvalue weighted by Gasteiger charge is -2.29. The van der Waals surface area contributed by atoms with Gasteiger partial charge in [0.2, 0.25) is 11.8 Å². The summed E-state index contributed by atoms with van der Waals surface area (Å²) in [5.74, 6) is -8.18. The highest BCUT2D eigenvalue weighted by Crippen LogP contribution is 2.35. The number of carbonyl (C=O) groups is 3. The normalized spacial score (nSPS) is 19.0. The first-order valence-corrected chi connectivity index (χ1v) is 9.83. The molecule has 0 bridgehead atoms. The second-order valence-corrected chi connectivity index (χ2v) is 8.12. The number of aryl methyl sites for hydroxylation is 1. The Hall–Kier alpha value is -2.96. The van der Waals surface area contributed by atoms with Crippen molar-refractivity contribution in [1.29, 1.82) is 0 Å². The molecule has 0 spiro atoms. The van der Waals surface area contributed by atoms with E-state index in [-0.39, 0.29) is 12.2 Å². The maximum atomic E-state index is 13.1. The number of benzene rings is 1. The van der Waals surface area contributed by atoms with Gasteiger partial charge in [0.15, 0.2) is 0 Å². The molecule has 1 aliphatic heterocycles. The summed E-state index contributed by atoms with van der Waals surface area (Å²) in [6.07, 6.45) is -7.03. The van der Waals surface area contributed by atoms with E-state index in [1.807, 2.05) is 0 Å². The summed E-state index contributed by atoms with van der Waals surface area (Å²) in [6, 6.07) is 3.51. The van der Waals surface area contributed by atoms with Gasteiger partial charge in [0.25, 0.3) is 5.91 Å². The van der Waals surface area contributed by atoms with E-state index in [0.717, 1.165) is 19.4 Å². The van der Waals surface area contributed by atoms with Crippen molar-refractivity contribution in [2.75, 3.05) is 18.5 Å². The lowest BCUT2D eigenvalue weighted by Crippen LogP contribution is -2.58. The summed E-state index contributed by atoms with van der Waals surface area (Å²) >= 11 is 0. The Morgan fingerprint density at radius 1 is 1.15 bits per heavy atom. The molecular weight excluding hydrogens is 457 g/mol. The van der Waals surface area contributed by atoms with Gasteiger partial charge in [-0.25, -0.2) is 0 Å². The molecule has 1 heterocycles. The Morgan fingerprint density at radius 2 is 1.79 bits per heavy atom. The number of nitrogens with one attached hydrogen (secondary N) is 3. The Kier molecular flexibility index (Phi) is 7.56. The number of ether oxygens (including phenoxy) is 1. The van der Waals surface area contributed by atoms with E-state index in [1.54, 1.807) is 25.1 Å². The van der Waals surface area contributed by atoms with Crippen LogP contribution >= 0.6 is 0 Å². The summed E-state index contributed by atoms with van der Waals surface area (Å²) in [4.78, 5) is 37.8. The van der Waals surface area contributed by atoms with Crippen LogP contribution in [-0.4, -0.2) is 60.2 Å². The third kappa shape index (κ3) is 5.89. The quantitative estimate of drug-likeness (QED) is 0.351. The number of carbonyl (C=O) groups excluding carboxylic acids is 3. The number of aliphatic hydroxyl groups is 1. The van der Waals surface area contributed by atoms with E-state index in [0.29, 0.717) is 5.69 Å². The Bertz CT molecular complexity index is 920. The Labute approximate surface area is 185 Å². The van der Waals surface area contributed by atoms with Crippen LogP contribution in [0, 0.1) is 12.3 Å². The van der Waals surface area contributed by atoms with E-state index in [4.69, 9.17) is 4.74 Å². The molecule has 0 saturated carbocycles. The minimum absolute atomic E-state index is 0.0872. The van der Waals surface area contributed by atoms with Gasteiger partial charge in [0.1, 0.15) is 23.3 Å². The molecule has 0 aromatic heterocycles. The van der Waals surface area contributed by atoms with Crippen molar-refractivity contribution in [1.82, 2.24) is 10.6 Å². The van der Waals surface area contributed by atoms with Gasteiger partial charge in [-0.05, 0) is 38.5 Å². The number of hydrogen-bond acceptors (Lipinski definition) is 5. The largest absolute Gasteiger partial charge is 0.485 e. The molecule has 0 fully saturated rings. The van der Waals surface area contributed by atoms with Gasteiger partial charge in [-0.3, -0.25) is 14.4 Å². The molecule has 3 amide bonds. The molecule has 184 valence electrons. The van der Waals surface area contributed by atoms with Crippen LogP contribution in [0.2, 0.25) is 0 Å². The zero-order valence-electron chi connectivity index (χ0n) is 18.0. The molecule has 0 radical (unpaired) electrons. The maximum absolute atomic E-state index is 13.1. The third-order valence-corrected chi connectivity index (χ3v) is 5.05. The van der Waals surface area contributed by atoms with Gasteiger partial charge in [-0.1, -0.05) is 6.07 Å². The molecule has 2 unspecified atom stereocenters. The first kappa shape index (κ1) is 26.3. The van der Waals surface area contributed by atoms with Crippen molar-refractivity contribution < 1.29 is 46.2 Å². The van der Waals surface area contributed by atoms with Gasteiger partial charge < -0.3 is 25.8 Å². The molecule has 1 aliphatic rings. The Morgan fingerprint density at radius 3 is 2.36 bits per heavy atom. The summed E-state index contributed by atoms with van der Waals surface area (Å²) in [6.45, 7) is 1.30. The highest BCUT2D eigenvalue weighted by atomic mass is 19.4. The first-order chi connectivity index (χ1) is 15.1. The van der Waals surface area contributed by atoms with Crippen molar-refractivity contribution >= 4 is 23.4 Å². The van der Waals surface area contributed by atoms with E-state index in [9.17, 15) is 41.4 Å². The van der Waals surface area contributed by atoms with Crippen molar-refractivity contribution in [2.45, 2.75) is 51.4 Å². The monoisotopic (exact) mass is 481 g/mol. The van der Waals surface area contributed by atoms with Gasteiger partial charge in [0.05, 0.1) is 12.2 Å². The summed E-state index contributed by atoms with van der Waals surface area (Å²) < 4.78 is 68.9. The molecule has 1 aromatic carbocycles. The fourth-order valence-electron chi connectivity index (χ4n) is 2.90. The van der Waals surface area contributed by atoms with E-state index < -0.39 is 60.5 Å². The lowest BCUT2D eigenvalue weighted by atomic mass is 9.90. The number of anilines is 1. The highest BCUT2D eigenvalue weighted by Gasteiger charge is 2.57. The predicted octanol–water partition coefficient (Wildman–Crippen LogP) is 1.90. The van der Waals surface area contributed by atoms with Crippen LogP contribution in [0.4, 0.5) is 27.6 Å². The summed E-state index contributed by atoms with van der Waals surface area (Å²) in [5, 5.41) is 15.6. The molecule has 33 heavy (non-hydrogen) atoms. The predicted molar refractivity (Wildman–Crippen MR) is 106 cm³/mol. The van der Waals surface area contributed by atoms with Gasteiger partial charge in [0, 0.05) is 13.0 Å². The third-order valence-electron chi connectivity index (χ3n) is 5.05. The summed E-state index contributed by atoms with van der Waals surface area (Å²) in [7, 11) is 0. The number of alkyl halides is 5. The average Bonchev–Trinajstić information content (AvgIpc) is 2.82. The van der Waals surface area contributed by atoms with Gasteiger partial charge in [-0.2, -0.15) is 22.0 Å². The molecule has 4 N–H and O–H groups in total. The van der Waals surface area contributed by atoms with Crippen LogP contribution in [0.15, 0.2) is 18.2 Å². The van der Waals surface area contributed by atoms with Crippen molar-refractivity contribution in [3.63, 3.8) is 0 Å². The van der Waals surface area contributed by atoms with Crippen molar-refractivity contribution in [3.8, 4) is 5.75 Å². The minimum Gasteiger partial charge on any atom is -0.485 e. The second kappa shape index (κ2) is 9.49. The van der Waals surface area contributed by atoms with Crippen molar-refractivity contribution in [2.24, 2.45) is 5.41 Å². The first-order valence-electron chi connectivity index (χ1n) is 9.83. The van der Waals surface area contributed by atoms with E-state index in [1.165, 1.54) is 5.32 Å². The van der Waals surface area contributed by atoms with Crippen molar-refractivity contribution in [3.05, 3.63) is 23.8 Å². The van der Waals surface area contributed by atoms with E-state index >= 15 is 0 Å². The van der Waals surface area contributed by atoms with Crippen LogP contribution in [0.3, 0.4) is 0 Å².